The second-order valence-corrected chi connectivity index (χ2v) is 4.28. The molecule has 0 saturated heterocycles. The summed E-state index contributed by atoms with van der Waals surface area (Å²) in [4.78, 5) is 3.96. The lowest BCUT2D eigenvalue weighted by atomic mass is 10.4. The van der Waals surface area contributed by atoms with Crippen LogP contribution in [-0.2, 0) is 6.42 Å². The molecule has 0 aliphatic heterocycles. The van der Waals surface area contributed by atoms with Crippen LogP contribution < -0.4 is 5.32 Å². The lowest BCUT2D eigenvalue weighted by molar-refractivity contribution is 0.622. The molecule has 0 aromatic carbocycles. The molecule has 0 amide bonds. The summed E-state index contributed by atoms with van der Waals surface area (Å²) in [6, 6.07) is 2.98. The Hall–Kier alpha value is -1.40. The van der Waals surface area contributed by atoms with Gasteiger partial charge in [-0.25, -0.2) is 4.39 Å². The van der Waals surface area contributed by atoms with Crippen LogP contribution in [0.4, 0.5) is 4.39 Å². The van der Waals surface area contributed by atoms with Crippen LogP contribution in [0.15, 0.2) is 18.3 Å². The predicted octanol–water partition coefficient (Wildman–Crippen LogP) is 1.50. The fourth-order valence-electron chi connectivity index (χ4n) is 1.19. The number of hydrogen-bond acceptors (Lipinski definition) is 5. The first-order chi connectivity index (χ1) is 7.79. The monoisotopic (exact) mass is 238 g/mol. The molecule has 2 heterocycles. The molecule has 2 aromatic heterocycles. The van der Waals surface area contributed by atoms with Crippen molar-refractivity contribution in [3.63, 3.8) is 0 Å². The van der Waals surface area contributed by atoms with E-state index in [4.69, 9.17) is 0 Å². The van der Waals surface area contributed by atoms with Crippen LogP contribution in [0.3, 0.4) is 0 Å². The largest absolute Gasteiger partial charge is 0.319 e. The van der Waals surface area contributed by atoms with Gasteiger partial charge in [-0.15, -0.1) is 10.2 Å². The highest BCUT2D eigenvalue weighted by Crippen LogP contribution is 2.21. The van der Waals surface area contributed by atoms with E-state index in [1.807, 2.05) is 7.05 Å². The van der Waals surface area contributed by atoms with E-state index in [1.54, 1.807) is 6.07 Å². The zero-order chi connectivity index (χ0) is 11.4. The number of nitrogens with zero attached hydrogens (tertiary/aromatic N) is 3. The van der Waals surface area contributed by atoms with Gasteiger partial charge in [-0.2, -0.15) is 0 Å². The number of pyridine rings is 1. The summed E-state index contributed by atoms with van der Waals surface area (Å²) in [7, 11) is 1.89. The summed E-state index contributed by atoms with van der Waals surface area (Å²) in [5.41, 5.74) is 0.662. The van der Waals surface area contributed by atoms with Crippen molar-refractivity contribution in [1.82, 2.24) is 20.5 Å². The number of aromatic nitrogens is 3. The summed E-state index contributed by atoms with van der Waals surface area (Å²) >= 11 is 1.48. The maximum atomic E-state index is 12.7. The minimum Gasteiger partial charge on any atom is -0.319 e. The first-order valence-corrected chi connectivity index (χ1v) is 5.70. The minimum atomic E-state index is -0.344. The van der Waals surface area contributed by atoms with Gasteiger partial charge < -0.3 is 5.32 Å². The van der Waals surface area contributed by atoms with Crippen LogP contribution in [0.25, 0.3) is 10.7 Å². The van der Waals surface area contributed by atoms with E-state index in [0.29, 0.717) is 5.69 Å². The maximum absolute atomic E-state index is 12.7. The molecule has 0 unspecified atom stereocenters. The summed E-state index contributed by atoms with van der Waals surface area (Å²) in [6.07, 6.45) is 2.03. The first kappa shape index (κ1) is 11.1. The second-order valence-electron chi connectivity index (χ2n) is 3.22. The third-order valence-corrected chi connectivity index (χ3v) is 3.01. The smallest absolute Gasteiger partial charge is 0.166 e. The van der Waals surface area contributed by atoms with Crippen molar-refractivity contribution in [1.29, 1.82) is 0 Å². The molecule has 0 saturated carbocycles. The first-order valence-electron chi connectivity index (χ1n) is 4.88. The highest BCUT2D eigenvalue weighted by molar-refractivity contribution is 7.14. The Morgan fingerprint density at radius 3 is 2.94 bits per heavy atom. The molecular weight excluding hydrogens is 227 g/mol. The van der Waals surface area contributed by atoms with Gasteiger partial charge in [0, 0.05) is 13.0 Å². The number of likely N-dealkylation sites (N-methyl/N-ethyl adjacent to an activating group) is 1. The van der Waals surface area contributed by atoms with Crippen molar-refractivity contribution in [3.05, 3.63) is 29.2 Å². The van der Waals surface area contributed by atoms with Gasteiger partial charge in [-0.05, 0) is 19.2 Å². The van der Waals surface area contributed by atoms with E-state index < -0.39 is 0 Å². The molecular formula is C10H11FN4S. The summed E-state index contributed by atoms with van der Waals surface area (Å²) in [5, 5.41) is 12.8. The van der Waals surface area contributed by atoms with Gasteiger partial charge in [0.25, 0.3) is 0 Å². The molecule has 84 valence electrons. The van der Waals surface area contributed by atoms with Gasteiger partial charge in [-0.1, -0.05) is 11.3 Å². The van der Waals surface area contributed by atoms with Crippen LogP contribution in [-0.4, -0.2) is 28.8 Å². The molecule has 0 aliphatic rings. The van der Waals surface area contributed by atoms with E-state index in [1.165, 1.54) is 23.6 Å². The zero-order valence-electron chi connectivity index (χ0n) is 8.77. The van der Waals surface area contributed by atoms with E-state index in [9.17, 15) is 4.39 Å². The summed E-state index contributed by atoms with van der Waals surface area (Å²) in [5.74, 6) is -0.344. The van der Waals surface area contributed by atoms with Gasteiger partial charge in [0.05, 0.1) is 6.20 Å². The van der Waals surface area contributed by atoms with Crippen molar-refractivity contribution >= 4 is 11.3 Å². The summed E-state index contributed by atoms with van der Waals surface area (Å²) < 4.78 is 12.7. The third-order valence-electron chi connectivity index (χ3n) is 2.00. The quantitative estimate of drug-likeness (QED) is 0.877. The highest BCUT2D eigenvalue weighted by atomic mass is 32.1. The Labute approximate surface area is 96.6 Å². The molecule has 0 fully saturated rings. The molecule has 0 bridgehead atoms. The average molecular weight is 238 g/mol. The fourth-order valence-corrected chi connectivity index (χ4v) is 2.01. The van der Waals surface area contributed by atoms with Gasteiger partial charge in [0.15, 0.2) is 5.01 Å². The Kier molecular flexibility index (Phi) is 3.53. The van der Waals surface area contributed by atoms with E-state index in [-0.39, 0.29) is 5.82 Å². The molecule has 1 N–H and O–H groups in total. The van der Waals surface area contributed by atoms with Crippen LogP contribution in [0.5, 0.6) is 0 Å². The number of nitrogens with one attached hydrogen (secondary N) is 1. The molecule has 4 nitrogen and oxygen atoms in total. The third kappa shape index (κ3) is 2.59. The molecule has 16 heavy (non-hydrogen) atoms. The van der Waals surface area contributed by atoms with E-state index >= 15 is 0 Å². The van der Waals surface area contributed by atoms with Crippen molar-refractivity contribution in [3.8, 4) is 10.7 Å². The summed E-state index contributed by atoms with van der Waals surface area (Å²) in [6.45, 7) is 0.867. The fraction of sp³-hybridized carbons (Fsp3) is 0.300. The topological polar surface area (TPSA) is 50.7 Å². The Bertz CT molecular complexity index is 454. The van der Waals surface area contributed by atoms with Crippen molar-refractivity contribution < 1.29 is 4.39 Å². The molecule has 6 heteroatoms. The Morgan fingerprint density at radius 1 is 1.38 bits per heavy atom. The molecule has 0 aliphatic carbocycles. The standard InChI is InChI=1S/C10H11FN4S/c1-12-5-4-9-14-15-10(16-9)8-3-2-7(11)6-13-8/h2-3,6,12H,4-5H2,1H3. The lowest BCUT2D eigenvalue weighted by Gasteiger charge is -1.93. The van der Waals surface area contributed by atoms with Crippen molar-refractivity contribution in [2.24, 2.45) is 0 Å². The molecule has 0 atom stereocenters. The van der Waals surface area contributed by atoms with E-state index in [0.717, 1.165) is 23.0 Å². The van der Waals surface area contributed by atoms with Crippen LogP contribution in [0.2, 0.25) is 0 Å². The maximum Gasteiger partial charge on any atom is 0.166 e. The SMILES string of the molecule is CNCCc1nnc(-c2ccc(F)cn2)s1. The highest BCUT2D eigenvalue weighted by Gasteiger charge is 2.07. The van der Waals surface area contributed by atoms with Gasteiger partial charge >= 0.3 is 0 Å². The predicted molar refractivity (Wildman–Crippen MR) is 60.7 cm³/mol. The Balaban J connectivity index is 2.15. The normalized spacial score (nSPS) is 10.6. The van der Waals surface area contributed by atoms with Crippen LogP contribution >= 0.6 is 11.3 Å². The number of hydrogen-bond donors (Lipinski definition) is 1. The number of rotatable bonds is 4. The lowest BCUT2D eigenvalue weighted by Crippen LogP contribution is -2.09. The average Bonchev–Trinajstić information content (AvgIpc) is 2.76. The zero-order valence-corrected chi connectivity index (χ0v) is 9.59. The van der Waals surface area contributed by atoms with Crippen LogP contribution in [0, 0.1) is 5.82 Å². The Morgan fingerprint density at radius 2 is 2.25 bits per heavy atom. The van der Waals surface area contributed by atoms with Gasteiger partial charge in [0.2, 0.25) is 0 Å². The number of halogens is 1. The van der Waals surface area contributed by atoms with E-state index in [2.05, 4.69) is 20.5 Å². The molecule has 0 spiro atoms. The molecule has 2 aromatic rings. The van der Waals surface area contributed by atoms with Crippen LogP contribution in [0.1, 0.15) is 5.01 Å². The van der Waals surface area contributed by atoms with Gasteiger partial charge in [-0.3, -0.25) is 4.98 Å². The van der Waals surface area contributed by atoms with Crippen molar-refractivity contribution in [2.45, 2.75) is 6.42 Å². The minimum absolute atomic E-state index is 0.344. The van der Waals surface area contributed by atoms with Crippen molar-refractivity contribution in [2.75, 3.05) is 13.6 Å². The second kappa shape index (κ2) is 5.09. The van der Waals surface area contributed by atoms with Gasteiger partial charge in [0.1, 0.15) is 16.5 Å². The molecule has 0 radical (unpaired) electrons. The molecule has 2 rings (SSSR count).